The molecule has 0 saturated carbocycles. The second-order valence-electron chi connectivity index (χ2n) is 19.2. The maximum atomic E-state index is 12.8. The third kappa shape index (κ3) is 52.5. The Balaban J connectivity index is 4.28. The predicted octanol–water partition coefficient (Wildman–Crippen LogP) is 18.9. The van der Waals surface area contributed by atoms with E-state index in [0.29, 0.717) is 19.3 Å². The zero-order valence-corrected chi connectivity index (χ0v) is 43.5. The van der Waals surface area contributed by atoms with Crippen molar-refractivity contribution in [3.63, 3.8) is 0 Å². The number of allylic oxidation sites excluding steroid dienone is 6. The highest BCUT2D eigenvalue weighted by Gasteiger charge is 2.19. The van der Waals surface area contributed by atoms with Crippen LogP contribution in [-0.2, 0) is 28.6 Å². The van der Waals surface area contributed by atoms with Crippen LogP contribution < -0.4 is 0 Å². The van der Waals surface area contributed by atoms with Gasteiger partial charge in [0, 0.05) is 19.3 Å². The third-order valence-corrected chi connectivity index (χ3v) is 12.6. The molecule has 0 aliphatic heterocycles. The highest BCUT2D eigenvalue weighted by atomic mass is 16.6. The molecule has 6 heteroatoms. The van der Waals surface area contributed by atoms with Gasteiger partial charge in [-0.1, -0.05) is 250 Å². The maximum absolute atomic E-state index is 12.8. The first-order valence-corrected chi connectivity index (χ1v) is 28.5. The Morgan fingerprint density at radius 2 is 0.569 bits per heavy atom. The lowest BCUT2D eigenvalue weighted by Gasteiger charge is -2.18. The molecule has 0 N–H and O–H groups in total. The van der Waals surface area contributed by atoms with Crippen LogP contribution in [0.1, 0.15) is 303 Å². The largest absolute Gasteiger partial charge is 0.462 e. The van der Waals surface area contributed by atoms with Gasteiger partial charge in [-0.2, -0.15) is 0 Å². The van der Waals surface area contributed by atoms with E-state index >= 15 is 0 Å². The van der Waals surface area contributed by atoms with Crippen LogP contribution in [0.25, 0.3) is 0 Å². The van der Waals surface area contributed by atoms with Crippen LogP contribution >= 0.6 is 0 Å². The van der Waals surface area contributed by atoms with Crippen LogP contribution in [-0.4, -0.2) is 37.2 Å². The molecule has 6 nitrogen and oxygen atoms in total. The standard InChI is InChI=1S/C59H108O6/c1-4-7-10-13-16-19-22-24-26-27-28-29-30-31-33-34-37-40-43-46-49-52-58(61)64-55-56(54-63-57(60)51-48-45-42-39-36-21-18-15-12-9-6-3)65-59(62)53-50-47-44-41-38-35-32-25-23-20-17-14-11-8-5-2/h15,18,22,24,27-28,56H,4-14,16-17,19-21,23,25-26,29-55H2,1-3H3/b18-15-,24-22-,28-27-. The van der Waals surface area contributed by atoms with Crippen molar-refractivity contribution < 1.29 is 28.6 Å². The molecule has 0 aliphatic carbocycles. The maximum Gasteiger partial charge on any atom is 0.306 e. The Morgan fingerprint density at radius 1 is 0.308 bits per heavy atom. The summed E-state index contributed by atoms with van der Waals surface area (Å²) in [6.45, 7) is 6.62. The summed E-state index contributed by atoms with van der Waals surface area (Å²) in [6, 6.07) is 0. The second kappa shape index (κ2) is 54.2. The molecule has 1 unspecified atom stereocenters. The van der Waals surface area contributed by atoms with Crippen LogP contribution in [0.15, 0.2) is 36.5 Å². The molecule has 0 saturated heterocycles. The van der Waals surface area contributed by atoms with Gasteiger partial charge in [-0.15, -0.1) is 0 Å². The fourth-order valence-electron chi connectivity index (χ4n) is 8.28. The van der Waals surface area contributed by atoms with Gasteiger partial charge in [0.05, 0.1) is 0 Å². The fraction of sp³-hybridized carbons (Fsp3) is 0.847. The normalized spacial score (nSPS) is 12.2. The van der Waals surface area contributed by atoms with E-state index in [1.54, 1.807) is 0 Å². The van der Waals surface area contributed by atoms with Gasteiger partial charge in [0.15, 0.2) is 6.10 Å². The monoisotopic (exact) mass is 913 g/mol. The number of carbonyl (C=O) groups is 3. The molecule has 0 radical (unpaired) electrons. The third-order valence-electron chi connectivity index (χ3n) is 12.6. The number of rotatable bonds is 52. The molecule has 0 heterocycles. The Morgan fingerprint density at radius 3 is 0.908 bits per heavy atom. The van der Waals surface area contributed by atoms with Gasteiger partial charge in [0.2, 0.25) is 0 Å². The molecule has 0 aliphatic rings. The van der Waals surface area contributed by atoms with Gasteiger partial charge in [-0.25, -0.2) is 0 Å². The Hall–Kier alpha value is -2.37. The summed E-state index contributed by atoms with van der Waals surface area (Å²) in [5.74, 6) is -0.872. The highest BCUT2D eigenvalue weighted by molar-refractivity contribution is 5.71. The molecule has 380 valence electrons. The summed E-state index contributed by atoms with van der Waals surface area (Å²) in [6.07, 6.45) is 64.2. The Kier molecular flexibility index (Phi) is 52.3. The second-order valence-corrected chi connectivity index (χ2v) is 19.2. The minimum absolute atomic E-state index is 0.0737. The number of carbonyl (C=O) groups excluding carboxylic acids is 3. The number of hydrogen-bond donors (Lipinski definition) is 0. The van der Waals surface area contributed by atoms with Gasteiger partial charge < -0.3 is 14.2 Å². The Bertz CT molecular complexity index is 1090. The quantitative estimate of drug-likeness (QED) is 0.0262. The van der Waals surface area contributed by atoms with Gasteiger partial charge >= 0.3 is 17.9 Å². The number of esters is 3. The van der Waals surface area contributed by atoms with Crippen molar-refractivity contribution in [2.75, 3.05) is 13.2 Å². The first-order valence-electron chi connectivity index (χ1n) is 28.5. The Labute approximate surface area is 404 Å². The molecule has 0 aromatic rings. The zero-order chi connectivity index (χ0) is 47.2. The summed E-state index contributed by atoms with van der Waals surface area (Å²) < 4.78 is 16.8. The number of unbranched alkanes of at least 4 members (excludes halogenated alkanes) is 35. The highest BCUT2D eigenvalue weighted by Crippen LogP contribution is 2.16. The molecule has 0 aromatic carbocycles. The van der Waals surface area contributed by atoms with Crippen LogP contribution in [0, 0.1) is 0 Å². The van der Waals surface area contributed by atoms with Crippen molar-refractivity contribution in [2.24, 2.45) is 0 Å². The van der Waals surface area contributed by atoms with E-state index in [2.05, 4.69) is 57.2 Å². The van der Waals surface area contributed by atoms with Crippen molar-refractivity contribution in [2.45, 2.75) is 309 Å². The average molecular weight is 914 g/mol. The van der Waals surface area contributed by atoms with Crippen molar-refractivity contribution in [3.8, 4) is 0 Å². The summed E-state index contributed by atoms with van der Waals surface area (Å²) in [5, 5.41) is 0. The lowest BCUT2D eigenvalue weighted by atomic mass is 10.0. The van der Waals surface area contributed by atoms with Crippen LogP contribution in [0.4, 0.5) is 0 Å². The molecule has 0 bridgehead atoms. The summed E-state index contributed by atoms with van der Waals surface area (Å²) >= 11 is 0. The molecule has 0 spiro atoms. The van der Waals surface area contributed by atoms with Gasteiger partial charge in [-0.3, -0.25) is 14.4 Å². The lowest BCUT2D eigenvalue weighted by Crippen LogP contribution is -2.30. The van der Waals surface area contributed by atoms with Gasteiger partial charge in [0.1, 0.15) is 13.2 Å². The molecule has 0 amide bonds. The van der Waals surface area contributed by atoms with Crippen molar-refractivity contribution in [1.82, 2.24) is 0 Å². The SMILES string of the molecule is CCCC/C=C\CCCCCCCC(=O)OCC(COC(=O)CCCCCCCCCCC/C=C\C/C=C\CCCCCCC)OC(=O)CCCCCCCCCCCCCCCCC. The van der Waals surface area contributed by atoms with E-state index in [-0.39, 0.29) is 31.1 Å². The van der Waals surface area contributed by atoms with Crippen molar-refractivity contribution in [1.29, 1.82) is 0 Å². The summed E-state index contributed by atoms with van der Waals surface area (Å²) in [5.41, 5.74) is 0. The minimum Gasteiger partial charge on any atom is -0.462 e. The van der Waals surface area contributed by atoms with Crippen LogP contribution in [0.5, 0.6) is 0 Å². The predicted molar refractivity (Wildman–Crippen MR) is 279 cm³/mol. The smallest absolute Gasteiger partial charge is 0.306 e. The fourth-order valence-corrected chi connectivity index (χ4v) is 8.28. The number of hydrogen-bond acceptors (Lipinski definition) is 6. The molecule has 0 fully saturated rings. The van der Waals surface area contributed by atoms with E-state index in [1.807, 2.05) is 0 Å². The van der Waals surface area contributed by atoms with Crippen LogP contribution in [0.3, 0.4) is 0 Å². The topological polar surface area (TPSA) is 78.9 Å². The van der Waals surface area contributed by atoms with Crippen LogP contribution in [0.2, 0.25) is 0 Å². The number of ether oxygens (including phenoxy) is 3. The summed E-state index contributed by atoms with van der Waals surface area (Å²) in [4.78, 5) is 38.1. The van der Waals surface area contributed by atoms with Crippen molar-refractivity contribution >= 4 is 17.9 Å². The molecular formula is C59H108O6. The van der Waals surface area contributed by atoms with Crippen molar-refractivity contribution in [3.05, 3.63) is 36.5 Å². The van der Waals surface area contributed by atoms with E-state index < -0.39 is 6.10 Å². The first kappa shape index (κ1) is 62.6. The first-order chi connectivity index (χ1) is 32.0. The molecule has 0 aromatic heterocycles. The van der Waals surface area contributed by atoms with Gasteiger partial charge in [-0.05, 0) is 70.6 Å². The lowest BCUT2D eigenvalue weighted by molar-refractivity contribution is -0.167. The zero-order valence-electron chi connectivity index (χ0n) is 43.5. The molecule has 65 heavy (non-hydrogen) atoms. The minimum atomic E-state index is -0.773. The molecular weight excluding hydrogens is 805 g/mol. The van der Waals surface area contributed by atoms with E-state index in [0.717, 1.165) is 70.6 Å². The van der Waals surface area contributed by atoms with E-state index in [1.165, 1.54) is 193 Å². The average Bonchev–Trinajstić information content (AvgIpc) is 3.30. The van der Waals surface area contributed by atoms with E-state index in [9.17, 15) is 14.4 Å². The van der Waals surface area contributed by atoms with Gasteiger partial charge in [0.25, 0.3) is 0 Å². The molecule has 1 atom stereocenters. The summed E-state index contributed by atoms with van der Waals surface area (Å²) in [7, 11) is 0. The van der Waals surface area contributed by atoms with E-state index in [4.69, 9.17) is 14.2 Å². The molecule has 0 rings (SSSR count).